The number of hydrogen-bond acceptors (Lipinski definition) is 1. The summed E-state index contributed by atoms with van der Waals surface area (Å²) in [5, 5.41) is 0. The topological polar surface area (TPSA) is 26.0 Å². The van der Waals surface area contributed by atoms with Crippen LogP contribution in [0, 0.1) is 27.1 Å². The quantitative estimate of drug-likeness (QED) is 0.718. The average molecular weight is 239 g/mol. The average Bonchev–Trinajstić information content (AvgIpc) is 2.12. The predicted octanol–water partition coefficient (Wildman–Crippen LogP) is 4.46. The maximum atomic E-state index is 6.59. The molecule has 1 nitrogen and oxygen atoms in total. The summed E-state index contributed by atoms with van der Waals surface area (Å²) in [7, 11) is 0. The zero-order chi connectivity index (χ0) is 14.1. The van der Waals surface area contributed by atoms with E-state index in [0.29, 0.717) is 0 Å². The van der Waals surface area contributed by atoms with E-state index in [9.17, 15) is 0 Å². The fourth-order valence-corrected chi connectivity index (χ4v) is 4.04. The normalized spacial score (nSPS) is 36.5. The van der Waals surface area contributed by atoms with E-state index in [4.69, 9.17) is 5.73 Å². The van der Waals surface area contributed by atoms with Crippen molar-refractivity contribution in [3.63, 3.8) is 0 Å². The molecule has 0 heterocycles. The van der Waals surface area contributed by atoms with E-state index < -0.39 is 0 Å². The third kappa shape index (κ3) is 1.35. The van der Waals surface area contributed by atoms with Gasteiger partial charge in [0.05, 0.1) is 0 Å². The maximum Gasteiger partial charge on any atom is 0.0160 e. The second kappa shape index (κ2) is 3.29. The first-order valence-corrected chi connectivity index (χ1v) is 6.91. The summed E-state index contributed by atoms with van der Waals surface area (Å²) in [5.41, 5.74) is 7.70. The third-order valence-electron chi connectivity index (χ3n) is 7.48. The fraction of sp³-hybridized carbons (Fsp3) is 1.00. The van der Waals surface area contributed by atoms with Gasteiger partial charge in [-0.25, -0.2) is 0 Å². The van der Waals surface area contributed by atoms with Crippen LogP contribution in [-0.4, -0.2) is 6.04 Å². The minimum atomic E-state index is 0.168. The standard InChI is InChI=1S/C16H33N/c1-12(2,3)14(6,7)16(10)11(17)13(4,5)15(16,8)9/h11H,17H2,1-10H3. The minimum Gasteiger partial charge on any atom is -0.327 e. The van der Waals surface area contributed by atoms with Gasteiger partial charge < -0.3 is 5.73 Å². The second-order valence-electron chi connectivity index (χ2n) is 8.90. The van der Waals surface area contributed by atoms with E-state index >= 15 is 0 Å². The van der Waals surface area contributed by atoms with Crippen molar-refractivity contribution in [3.05, 3.63) is 0 Å². The van der Waals surface area contributed by atoms with Gasteiger partial charge in [0.15, 0.2) is 0 Å². The lowest BCUT2D eigenvalue weighted by molar-refractivity contribution is -0.268. The highest BCUT2D eigenvalue weighted by Gasteiger charge is 2.73. The van der Waals surface area contributed by atoms with Gasteiger partial charge in [0, 0.05) is 6.04 Å². The monoisotopic (exact) mass is 239 g/mol. The summed E-state index contributed by atoms with van der Waals surface area (Å²) in [6.45, 7) is 23.6. The molecule has 2 N–H and O–H groups in total. The highest BCUT2D eigenvalue weighted by molar-refractivity contribution is 5.24. The Morgan fingerprint density at radius 3 is 1.41 bits per heavy atom. The molecule has 0 amide bonds. The van der Waals surface area contributed by atoms with Gasteiger partial charge in [-0.1, -0.05) is 69.2 Å². The van der Waals surface area contributed by atoms with Crippen LogP contribution in [0.5, 0.6) is 0 Å². The van der Waals surface area contributed by atoms with E-state index in [2.05, 4.69) is 69.2 Å². The first kappa shape index (κ1) is 15.0. The number of hydrogen-bond donors (Lipinski definition) is 1. The molecular weight excluding hydrogens is 206 g/mol. The summed E-state index contributed by atoms with van der Waals surface area (Å²) in [6.07, 6.45) is 0. The Hall–Kier alpha value is -0.0400. The Morgan fingerprint density at radius 2 is 1.18 bits per heavy atom. The van der Waals surface area contributed by atoms with E-state index in [1.807, 2.05) is 0 Å². The molecule has 2 atom stereocenters. The highest BCUT2D eigenvalue weighted by atomic mass is 14.9. The maximum absolute atomic E-state index is 6.59. The lowest BCUT2D eigenvalue weighted by Crippen LogP contribution is -2.79. The van der Waals surface area contributed by atoms with Gasteiger partial charge in [0.2, 0.25) is 0 Å². The number of nitrogens with two attached hydrogens (primary N) is 1. The summed E-state index contributed by atoms with van der Waals surface area (Å²) in [6, 6.07) is 0.263. The first-order valence-electron chi connectivity index (χ1n) is 6.91. The van der Waals surface area contributed by atoms with Crippen LogP contribution in [0.3, 0.4) is 0 Å². The minimum absolute atomic E-state index is 0.168. The van der Waals surface area contributed by atoms with Crippen LogP contribution in [0.1, 0.15) is 69.2 Å². The Morgan fingerprint density at radius 1 is 0.824 bits per heavy atom. The van der Waals surface area contributed by atoms with Crippen molar-refractivity contribution in [2.24, 2.45) is 32.8 Å². The van der Waals surface area contributed by atoms with Crippen molar-refractivity contribution in [1.29, 1.82) is 0 Å². The van der Waals surface area contributed by atoms with Crippen LogP contribution in [0.4, 0.5) is 0 Å². The van der Waals surface area contributed by atoms with Gasteiger partial charge in [0.25, 0.3) is 0 Å². The Labute approximate surface area is 109 Å². The van der Waals surface area contributed by atoms with Gasteiger partial charge in [0.1, 0.15) is 0 Å². The largest absolute Gasteiger partial charge is 0.327 e. The first-order chi connectivity index (χ1) is 7.15. The molecule has 1 fully saturated rings. The SMILES string of the molecule is CC(C)(C)C(C)(C)C1(C)C(N)C(C)(C)C1(C)C. The molecule has 0 aromatic rings. The summed E-state index contributed by atoms with van der Waals surface area (Å²) in [4.78, 5) is 0. The molecule has 102 valence electrons. The van der Waals surface area contributed by atoms with Gasteiger partial charge in [-0.05, 0) is 27.1 Å². The van der Waals surface area contributed by atoms with Crippen LogP contribution in [-0.2, 0) is 0 Å². The van der Waals surface area contributed by atoms with E-state index in [-0.39, 0.29) is 33.1 Å². The molecule has 0 aliphatic heterocycles. The van der Waals surface area contributed by atoms with E-state index in [1.165, 1.54) is 0 Å². The molecule has 1 saturated carbocycles. The molecule has 0 spiro atoms. The second-order valence-corrected chi connectivity index (χ2v) is 8.90. The van der Waals surface area contributed by atoms with Crippen LogP contribution in [0.2, 0.25) is 0 Å². The number of rotatable bonds is 1. The lowest BCUT2D eigenvalue weighted by atomic mass is 9.29. The molecule has 0 aromatic carbocycles. The molecule has 0 aromatic heterocycles. The zero-order valence-corrected chi connectivity index (χ0v) is 13.7. The molecule has 0 saturated heterocycles. The van der Waals surface area contributed by atoms with Crippen LogP contribution < -0.4 is 5.73 Å². The van der Waals surface area contributed by atoms with E-state index in [1.54, 1.807) is 0 Å². The van der Waals surface area contributed by atoms with Gasteiger partial charge >= 0.3 is 0 Å². The molecule has 1 heteroatoms. The summed E-state index contributed by atoms with van der Waals surface area (Å²) < 4.78 is 0. The lowest BCUT2D eigenvalue weighted by Gasteiger charge is -2.77. The summed E-state index contributed by atoms with van der Waals surface area (Å²) in [5.74, 6) is 0. The van der Waals surface area contributed by atoms with Crippen molar-refractivity contribution >= 4 is 0 Å². The van der Waals surface area contributed by atoms with Gasteiger partial charge in [-0.2, -0.15) is 0 Å². The molecule has 1 aliphatic carbocycles. The zero-order valence-electron chi connectivity index (χ0n) is 13.7. The molecule has 0 bridgehead atoms. The summed E-state index contributed by atoms with van der Waals surface area (Å²) >= 11 is 0. The third-order valence-corrected chi connectivity index (χ3v) is 7.48. The van der Waals surface area contributed by atoms with Crippen molar-refractivity contribution in [3.8, 4) is 0 Å². The van der Waals surface area contributed by atoms with Crippen molar-refractivity contribution in [1.82, 2.24) is 0 Å². The van der Waals surface area contributed by atoms with Crippen LogP contribution >= 0.6 is 0 Å². The molecular formula is C16H33N. The van der Waals surface area contributed by atoms with Crippen LogP contribution in [0.15, 0.2) is 0 Å². The van der Waals surface area contributed by atoms with Crippen molar-refractivity contribution < 1.29 is 0 Å². The molecule has 2 unspecified atom stereocenters. The van der Waals surface area contributed by atoms with Gasteiger partial charge in [-0.3, -0.25) is 0 Å². The van der Waals surface area contributed by atoms with Crippen molar-refractivity contribution in [2.75, 3.05) is 0 Å². The molecule has 1 rings (SSSR count). The smallest absolute Gasteiger partial charge is 0.0160 e. The van der Waals surface area contributed by atoms with Crippen LogP contribution in [0.25, 0.3) is 0 Å². The fourth-order valence-electron chi connectivity index (χ4n) is 4.04. The Kier molecular flexibility index (Phi) is 2.90. The van der Waals surface area contributed by atoms with Crippen molar-refractivity contribution in [2.45, 2.75) is 75.3 Å². The molecule has 17 heavy (non-hydrogen) atoms. The Balaban J connectivity index is 3.33. The van der Waals surface area contributed by atoms with Gasteiger partial charge in [-0.15, -0.1) is 0 Å². The predicted molar refractivity (Wildman–Crippen MR) is 76.9 cm³/mol. The highest BCUT2D eigenvalue weighted by Crippen LogP contribution is 2.75. The van der Waals surface area contributed by atoms with E-state index in [0.717, 1.165) is 0 Å². The molecule has 1 aliphatic rings. The Bertz CT molecular complexity index is 317. The molecule has 0 radical (unpaired) electrons.